The van der Waals surface area contributed by atoms with Crippen LogP contribution in [0.25, 0.3) is 111 Å². The first-order valence-corrected chi connectivity index (χ1v) is 20.9. The lowest BCUT2D eigenvalue weighted by Crippen LogP contribution is -2.10. The van der Waals surface area contributed by atoms with Gasteiger partial charge < -0.3 is 0 Å². The molecule has 0 N–H and O–H groups in total. The highest BCUT2D eigenvalue weighted by Gasteiger charge is 2.21. The molecule has 0 unspecified atom stereocenters. The number of fused-ring (bicyclic) bond motifs is 6. The highest BCUT2D eigenvalue weighted by Crippen LogP contribution is 2.37. The van der Waals surface area contributed by atoms with Crippen molar-refractivity contribution in [3.8, 4) is 67.8 Å². The molecule has 3 heterocycles. The molecule has 9 aromatic carbocycles. The summed E-state index contributed by atoms with van der Waals surface area (Å²) in [5.41, 5.74) is 14.2. The SMILES string of the molecule is c1ccc(-c2ccc(-c3ccc(-c4cc(-c5ccccc5)cc(-c5nc(-n6c7ccccc7c7ccccc76)nc(-n6c7ccccc7c7ccccc76)n5)c4)cc3)cc2)cc1. The van der Waals surface area contributed by atoms with Crippen LogP contribution in [0.1, 0.15) is 0 Å². The first-order chi connectivity index (χ1) is 30.7. The van der Waals surface area contributed by atoms with Crippen molar-refractivity contribution in [2.75, 3.05) is 0 Å². The minimum Gasteiger partial charge on any atom is -0.278 e. The van der Waals surface area contributed by atoms with Crippen LogP contribution in [0.15, 0.2) is 224 Å². The van der Waals surface area contributed by atoms with Gasteiger partial charge in [-0.3, -0.25) is 9.13 Å². The van der Waals surface area contributed by atoms with E-state index < -0.39 is 0 Å². The maximum atomic E-state index is 5.40. The molecule has 5 nitrogen and oxygen atoms in total. The van der Waals surface area contributed by atoms with Crippen LogP contribution in [-0.4, -0.2) is 24.1 Å². The summed E-state index contributed by atoms with van der Waals surface area (Å²) in [6, 6.07) is 79.4. The third-order valence-electron chi connectivity index (χ3n) is 12.0. The van der Waals surface area contributed by atoms with E-state index in [-0.39, 0.29) is 0 Å². The van der Waals surface area contributed by atoms with Crippen molar-refractivity contribution in [1.29, 1.82) is 0 Å². The molecule has 0 bridgehead atoms. The van der Waals surface area contributed by atoms with Gasteiger partial charge in [0, 0.05) is 27.1 Å². The van der Waals surface area contributed by atoms with Crippen LogP contribution in [0.4, 0.5) is 0 Å². The summed E-state index contributed by atoms with van der Waals surface area (Å²) in [5.74, 6) is 1.69. The summed E-state index contributed by atoms with van der Waals surface area (Å²) < 4.78 is 4.36. The van der Waals surface area contributed by atoms with Crippen LogP contribution in [0.5, 0.6) is 0 Å². The van der Waals surface area contributed by atoms with Gasteiger partial charge in [0.2, 0.25) is 11.9 Å². The van der Waals surface area contributed by atoms with E-state index in [4.69, 9.17) is 15.0 Å². The molecule has 62 heavy (non-hydrogen) atoms. The summed E-state index contributed by atoms with van der Waals surface area (Å²) in [6.45, 7) is 0. The number of hydrogen-bond donors (Lipinski definition) is 0. The van der Waals surface area contributed by atoms with Crippen LogP contribution >= 0.6 is 0 Å². The van der Waals surface area contributed by atoms with Crippen molar-refractivity contribution in [2.24, 2.45) is 0 Å². The molecule has 290 valence electrons. The standard InChI is InChI=1S/C57H37N5/c1-3-15-38(16-4-1)40-27-29-41(30-28-40)42-31-33-43(34-32-42)45-35-44(39-17-5-2-6-18-39)36-46(37-45)55-58-56(61-51-23-11-7-19-47(51)48-20-8-12-24-52(48)61)60-57(59-55)62-53-25-13-9-21-49(53)50-22-10-14-26-54(50)62/h1-37H. The van der Waals surface area contributed by atoms with Crippen LogP contribution in [-0.2, 0) is 0 Å². The highest BCUT2D eigenvalue weighted by atomic mass is 15.3. The van der Waals surface area contributed by atoms with Gasteiger partial charge in [0.05, 0.1) is 22.1 Å². The average Bonchev–Trinajstić information content (AvgIpc) is 3.88. The molecule has 0 atom stereocenters. The minimum absolute atomic E-state index is 0.554. The molecule has 12 aromatic rings. The molecule has 0 saturated carbocycles. The zero-order valence-electron chi connectivity index (χ0n) is 33.6. The minimum atomic E-state index is 0.554. The summed E-state index contributed by atoms with van der Waals surface area (Å²) in [5, 5.41) is 4.58. The lowest BCUT2D eigenvalue weighted by Gasteiger charge is -2.14. The summed E-state index contributed by atoms with van der Waals surface area (Å²) >= 11 is 0. The van der Waals surface area contributed by atoms with Gasteiger partial charge >= 0.3 is 0 Å². The smallest absolute Gasteiger partial charge is 0.240 e. The topological polar surface area (TPSA) is 48.5 Å². The van der Waals surface area contributed by atoms with E-state index in [9.17, 15) is 0 Å². The largest absolute Gasteiger partial charge is 0.278 e. The van der Waals surface area contributed by atoms with E-state index in [1.165, 1.54) is 16.7 Å². The molecule has 0 radical (unpaired) electrons. The van der Waals surface area contributed by atoms with Gasteiger partial charge in [0.1, 0.15) is 0 Å². The predicted molar refractivity (Wildman–Crippen MR) is 256 cm³/mol. The maximum Gasteiger partial charge on any atom is 0.240 e. The molecule has 0 aliphatic heterocycles. The van der Waals surface area contributed by atoms with E-state index in [0.29, 0.717) is 17.7 Å². The zero-order chi connectivity index (χ0) is 41.0. The number of aromatic nitrogens is 5. The maximum absolute atomic E-state index is 5.40. The first kappa shape index (κ1) is 35.5. The fourth-order valence-electron chi connectivity index (χ4n) is 9.02. The quantitative estimate of drug-likeness (QED) is 0.162. The lowest BCUT2D eigenvalue weighted by atomic mass is 9.94. The number of para-hydroxylation sites is 4. The Morgan fingerprint density at radius 3 is 0.871 bits per heavy atom. The Morgan fingerprint density at radius 1 is 0.226 bits per heavy atom. The number of benzene rings is 9. The van der Waals surface area contributed by atoms with Gasteiger partial charge in [-0.05, 0) is 87.0 Å². The van der Waals surface area contributed by atoms with Crippen LogP contribution in [0.2, 0.25) is 0 Å². The van der Waals surface area contributed by atoms with Crippen molar-refractivity contribution in [1.82, 2.24) is 24.1 Å². The van der Waals surface area contributed by atoms with Gasteiger partial charge in [0.15, 0.2) is 5.82 Å². The van der Waals surface area contributed by atoms with E-state index in [2.05, 4.69) is 234 Å². The molecular weight excluding hydrogens is 755 g/mol. The molecule has 5 heteroatoms. The predicted octanol–water partition coefficient (Wildman–Crippen LogP) is 14.4. The Balaban J connectivity index is 1.06. The van der Waals surface area contributed by atoms with Crippen LogP contribution < -0.4 is 0 Å². The Hall–Kier alpha value is -8.41. The lowest BCUT2D eigenvalue weighted by molar-refractivity contribution is 0.893. The third-order valence-corrected chi connectivity index (χ3v) is 12.0. The summed E-state index contributed by atoms with van der Waals surface area (Å²) in [4.78, 5) is 16.2. The Morgan fingerprint density at radius 2 is 0.500 bits per heavy atom. The van der Waals surface area contributed by atoms with E-state index in [1.807, 2.05) is 0 Å². The van der Waals surface area contributed by atoms with Crippen molar-refractivity contribution in [3.05, 3.63) is 224 Å². The van der Waals surface area contributed by atoms with Gasteiger partial charge in [-0.2, -0.15) is 15.0 Å². The monoisotopic (exact) mass is 791 g/mol. The molecule has 3 aromatic heterocycles. The second kappa shape index (κ2) is 14.7. The fourth-order valence-corrected chi connectivity index (χ4v) is 9.02. The Labute approximate surface area is 358 Å². The average molecular weight is 792 g/mol. The van der Waals surface area contributed by atoms with Gasteiger partial charge in [-0.15, -0.1) is 0 Å². The first-order valence-electron chi connectivity index (χ1n) is 20.9. The zero-order valence-corrected chi connectivity index (χ0v) is 33.6. The Kier molecular flexibility index (Phi) is 8.42. The highest BCUT2D eigenvalue weighted by molar-refractivity contribution is 6.10. The number of hydrogen-bond acceptors (Lipinski definition) is 3. The fraction of sp³-hybridized carbons (Fsp3) is 0. The molecule has 0 saturated heterocycles. The summed E-state index contributed by atoms with van der Waals surface area (Å²) in [7, 11) is 0. The molecule has 12 rings (SSSR count). The second-order valence-corrected chi connectivity index (χ2v) is 15.7. The number of rotatable bonds is 7. The van der Waals surface area contributed by atoms with Gasteiger partial charge in [-0.1, -0.05) is 182 Å². The third kappa shape index (κ3) is 6.06. The van der Waals surface area contributed by atoms with Gasteiger partial charge in [-0.25, -0.2) is 0 Å². The number of nitrogens with zero attached hydrogens (tertiary/aromatic N) is 5. The molecule has 0 fully saturated rings. The Bertz CT molecular complexity index is 3370. The molecule has 0 aliphatic rings. The van der Waals surface area contributed by atoms with E-state index >= 15 is 0 Å². The normalized spacial score (nSPS) is 11.5. The second-order valence-electron chi connectivity index (χ2n) is 15.7. The van der Waals surface area contributed by atoms with E-state index in [1.54, 1.807) is 0 Å². The van der Waals surface area contributed by atoms with Crippen molar-refractivity contribution in [2.45, 2.75) is 0 Å². The van der Waals surface area contributed by atoms with Crippen molar-refractivity contribution in [3.63, 3.8) is 0 Å². The molecular formula is C57H37N5. The van der Waals surface area contributed by atoms with Crippen molar-refractivity contribution < 1.29 is 0 Å². The summed E-state index contributed by atoms with van der Waals surface area (Å²) in [6.07, 6.45) is 0. The van der Waals surface area contributed by atoms with Gasteiger partial charge in [0.25, 0.3) is 0 Å². The van der Waals surface area contributed by atoms with Crippen LogP contribution in [0.3, 0.4) is 0 Å². The van der Waals surface area contributed by atoms with Crippen LogP contribution in [0, 0.1) is 0 Å². The molecule has 0 amide bonds. The van der Waals surface area contributed by atoms with E-state index in [0.717, 1.165) is 77.0 Å². The van der Waals surface area contributed by atoms with Crippen molar-refractivity contribution >= 4 is 43.6 Å². The molecule has 0 spiro atoms. The molecule has 0 aliphatic carbocycles.